The molecule has 0 aliphatic carbocycles. The van der Waals surface area contributed by atoms with E-state index in [-0.39, 0.29) is 95.1 Å². The minimum absolute atomic E-state index is 0. The van der Waals surface area contributed by atoms with Crippen molar-refractivity contribution >= 4 is 25.5 Å². The summed E-state index contributed by atoms with van der Waals surface area (Å²) < 4.78 is 0. The zero-order valence-electron chi connectivity index (χ0n) is 11.8. The maximum Gasteiger partial charge on any atom is 0 e. The summed E-state index contributed by atoms with van der Waals surface area (Å²) in [4.78, 5) is 35.3. The predicted octanol–water partition coefficient (Wildman–Crippen LogP) is 1.40. The summed E-state index contributed by atoms with van der Waals surface area (Å²) in [5, 5.41) is 13.5. The Labute approximate surface area is 167 Å². The Bertz CT molecular complexity index is 120. The van der Waals surface area contributed by atoms with Gasteiger partial charge in [-0.2, -0.15) is 12.8 Å². The molecule has 0 bridgehead atoms. The summed E-state index contributed by atoms with van der Waals surface area (Å²) in [7, 11) is 0. The van der Waals surface area contributed by atoms with Crippen LogP contribution in [-0.2, 0) is 84.6 Å². The summed E-state index contributed by atoms with van der Waals surface area (Å²) in [6, 6.07) is 0. The Kier molecular flexibility index (Phi) is 321. The van der Waals surface area contributed by atoms with Gasteiger partial charge in [0.1, 0.15) is 0 Å². The van der Waals surface area contributed by atoms with Crippen molar-refractivity contribution in [1.82, 2.24) is 0 Å². The van der Waals surface area contributed by atoms with E-state index < -0.39 is 0 Å². The zero-order chi connectivity index (χ0) is 10.9. The first-order valence-electron chi connectivity index (χ1n) is 2.97. The van der Waals surface area contributed by atoms with E-state index in [0.717, 1.165) is 0 Å². The molecule has 0 aliphatic heterocycles. The SMILES string of the molecule is O=[C-]CCC[C-]=O.O=[C-]O.O=[C-]O.[CH3-].[CH3-].[CH3-].[CH3-].[Y].[Y]. The van der Waals surface area contributed by atoms with Crippen molar-refractivity contribution in [3.05, 3.63) is 29.7 Å². The minimum Gasteiger partial charge on any atom is -0.665 e. The summed E-state index contributed by atoms with van der Waals surface area (Å²) in [6.07, 6.45) is 4.65. The molecule has 8 heteroatoms. The minimum atomic E-state index is 0. The van der Waals surface area contributed by atoms with Gasteiger partial charge in [0.15, 0.2) is 0 Å². The second-order valence-corrected chi connectivity index (χ2v) is 1.32. The first-order valence-corrected chi connectivity index (χ1v) is 2.97. The number of rotatable bonds is 4. The van der Waals surface area contributed by atoms with Crippen LogP contribution in [0.1, 0.15) is 19.3 Å². The molecule has 0 fully saturated rings. The third-order valence-electron chi connectivity index (χ3n) is 0.558. The van der Waals surface area contributed by atoms with Crippen molar-refractivity contribution in [3.8, 4) is 0 Å². The molecule has 0 rings (SSSR count). The van der Waals surface area contributed by atoms with Crippen LogP contribution in [-0.4, -0.2) is 35.7 Å². The number of unbranched alkanes of at least 4 members (excludes halogenated alkanes) is 2. The molecular weight excluding hydrogens is 406 g/mol. The third-order valence-corrected chi connectivity index (χ3v) is 0.558. The first kappa shape index (κ1) is 60.6. The number of hydrogen-bond acceptors (Lipinski definition) is 4. The zero-order valence-corrected chi connectivity index (χ0v) is 17.5. The van der Waals surface area contributed by atoms with Crippen molar-refractivity contribution in [3.63, 3.8) is 0 Å². The van der Waals surface area contributed by atoms with Crippen LogP contribution < -0.4 is 0 Å². The van der Waals surface area contributed by atoms with E-state index in [0.29, 0.717) is 32.2 Å². The van der Waals surface area contributed by atoms with E-state index >= 15 is 0 Å². The molecule has 0 heterocycles. The van der Waals surface area contributed by atoms with Gasteiger partial charge in [0.05, 0.1) is 0 Å². The molecule has 2 radical (unpaired) electrons. The molecule has 114 valence electrons. The van der Waals surface area contributed by atoms with Gasteiger partial charge in [-0.15, -0.1) is 6.42 Å². The van der Waals surface area contributed by atoms with Gasteiger partial charge in [-0.05, 0) is 0 Å². The topological polar surface area (TPSA) is 109 Å². The van der Waals surface area contributed by atoms with Crippen LogP contribution in [0.5, 0.6) is 0 Å². The Morgan fingerprint density at radius 3 is 0.895 bits per heavy atom. The van der Waals surface area contributed by atoms with Crippen LogP contribution in [0.2, 0.25) is 0 Å². The Balaban J connectivity index is -0.0000000107. The van der Waals surface area contributed by atoms with Gasteiger partial charge >= 0.3 is 0 Å². The second kappa shape index (κ2) is 101. The maximum absolute atomic E-state index is 9.42. The van der Waals surface area contributed by atoms with Crippen LogP contribution in [0, 0.1) is 29.7 Å². The van der Waals surface area contributed by atoms with Gasteiger partial charge < -0.3 is 59.1 Å². The smallest absolute Gasteiger partial charge is 0 e. The third kappa shape index (κ3) is 250. The van der Waals surface area contributed by atoms with Gasteiger partial charge in [0.2, 0.25) is 0 Å². The Morgan fingerprint density at radius 1 is 0.632 bits per heavy atom. The Morgan fingerprint density at radius 2 is 0.789 bits per heavy atom. The van der Waals surface area contributed by atoms with Gasteiger partial charge in [-0.1, -0.05) is 12.9 Å². The Hall–Kier alpha value is 0.488. The number of carbonyl (C=O) groups excluding carboxylic acids is 2. The normalized spacial score (nSPS) is 4.21. The van der Waals surface area contributed by atoms with E-state index in [2.05, 4.69) is 0 Å². The fourth-order valence-electron chi connectivity index (χ4n) is 0.233. The van der Waals surface area contributed by atoms with Crippen molar-refractivity contribution in [2.75, 3.05) is 0 Å². The van der Waals surface area contributed by atoms with Crippen LogP contribution in [0.3, 0.4) is 0 Å². The van der Waals surface area contributed by atoms with Gasteiger partial charge in [-0.3, -0.25) is 12.6 Å². The molecular formula is C11H20O6Y2-8. The van der Waals surface area contributed by atoms with E-state index in [1.165, 1.54) is 0 Å². The fraction of sp³-hybridized carbons (Fsp3) is 0.273. The van der Waals surface area contributed by atoms with Crippen molar-refractivity contribution in [2.24, 2.45) is 0 Å². The van der Waals surface area contributed by atoms with E-state index in [9.17, 15) is 9.59 Å². The molecule has 2 N–H and O–H groups in total. The van der Waals surface area contributed by atoms with Crippen LogP contribution in [0.25, 0.3) is 0 Å². The molecule has 19 heavy (non-hydrogen) atoms. The summed E-state index contributed by atoms with van der Waals surface area (Å²) >= 11 is 0. The van der Waals surface area contributed by atoms with E-state index in [4.69, 9.17) is 19.8 Å². The average molecular weight is 426 g/mol. The largest absolute Gasteiger partial charge is 0.665 e. The van der Waals surface area contributed by atoms with Gasteiger partial charge in [0, 0.05) is 65.4 Å². The maximum atomic E-state index is 9.42. The molecule has 6 nitrogen and oxygen atoms in total. The molecule has 0 saturated carbocycles. The van der Waals surface area contributed by atoms with E-state index in [1.807, 2.05) is 0 Å². The molecule has 0 aliphatic rings. The fourth-order valence-corrected chi connectivity index (χ4v) is 0.233. The quantitative estimate of drug-likeness (QED) is 0.520. The molecule has 0 unspecified atom stereocenters. The molecule has 0 amide bonds. The van der Waals surface area contributed by atoms with Crippen molar-refractivity contribution in [2.45, 2.75) is 19.3 Å². The monoisotopic (exact) mass is 426 g/mol. The number of hydrogen-bond donors (Lipinski definition) is 2. The molecule has 0 aromatic heterocycles. The van der Waals surface area contributed by atoms with Crippen LogP contribution in [0.15, 0.2) is 0 Å². The van der Waals surface area contributed by atoms with Crippen LogP contribution in [0.4, 0.5) is 0 Å². The van der Waals surface area contributed by atoms with E-state index in [1.54, 1.807) is 12.6 Å². The van der Waals surface area contributed by atoms with Crippen LogP contribution >= 0.6 is 0 Å². The molecule has 0 aromatic carbocycles. The average Bonchev–Trinajstić information content (AvgIpc) is 2.08. The summed E-state index contributed by atoms with van der Waals surface area (Å²) in [6.45, 7) is 1.00. The van der Waals surface area contributed by atoms with Crippen molar-refractivity contribution < 1.29 is 94.8 Å². The molecule has 0 aromatic rings. The number of aliphatic hydroxyl groups excluding tert-OH is 2. The molecule has 0 spiro atoms. The molecule has 0 atom stereocenters. The molecule has 0 saturated heterocycles. The first-order chi connectivity index (χ1) is 6.24. The van der Waals surface area contributed by atoms with Gasteiger partial charge in [-0.25, -0.2) is 0 Å². The van der Waals surface area contributed by atoms with Crippen molar-refractivity contribution in [1.29, 1.82) is 0 Å². The van der Waals surface area contributed by atoms with Gasteiger partial charge in [0.25, 0.3) is 0 Å². The standard InChI is InChI=1S/C5H6O2.2CHO2.4CH3.2Y/c6-4-2-1-3-5-7;2*2-1-3;;;;;;/h1-3H2;2*(H,2,3);4*1H3;;/q-2;6*-1;;. The second-order valence-electron chi connectivity index (χ2n) is 1.32. The summed E-state index contributed by atoms with van der Waals surface area (Å²) in [5.41, 5.74) is 0. The predicted molar refractivity (Wildman–Crippen MR) is 67.5 cm³/mol. The summed E-state index contributed by atoms with van der Waals surface area (Å²) in [5.74, 6) is 0.